The summed E-state index contributed by atoms with van der Waals surface area (Å²) in [5, 5.41) is 7.93. The van der Waals surface area contributed by atoms with Crippen molar-refractivity contribution in [2.24, 2.45) is 7.05 Å². The van der Waals surface area contributed by atoms with Crippen molar-refractivity contribution < 1.29 is 9.47 Å². The molecule has 18 heavy (non-hydrogen) atoms. The van der Waals surface area contributed by atoms with Gasteiger partial charge in [-0.15, -0.1) is 0 Å². The quantitative estimate of drug-likeness (QED) is 0.786. The molecular formula is C13H25N3O2. The van der Waals surface area contributed by atoms with Crippen LogP contribution in [0.5, 0.6) is 0 Å². The molecule has 0 bridgehead atoms. The minimum atomic E-state index is -0.246. The van der Waals surface area contributed by atoms with Crippen molar-refractivity contribution in [1.82, 2.24) is 15.1 Å². The SMILES string of the molecule is COC(OC)C(C)NC(C)c1c(C)nn(C)c1C. The van der Waals surface area contributed by atoms with Crippen molar-refractivity contribution in [3.8, 4) is 0 Å². The minimum Gasteiger partial charge on any atom is -0.354 e. The Labute approximate surface area is 109 Å². The summed E-state index contributed by atoms with van der Waals surface area (Å²) in [5.41, 5.74) is 3.50. The van der Waals surface area contributed by atoms with E-state index in [1.165, 1.54) is 11.3 Å². The van der Waals surface area contributed by atoms with Crippen LogP contribution in [0.4, 0.5) is 0 Å². The van der Waals surface area contributed by atoms with Crippen LogP contribution in [0.2, 0.25) is 0 Å². The van der Waals surface area contributed by atoms with Crippen LogP contribution in [0.15, 0.2) is 0 Å². The lowest BCUT2D eigenvalue weighted by molar-refractivity contribution is -0.120. The first kappa shape index (κ1) is 15.1. The number of hydrogen-bond acceptors (Lipinski definition) is 4. The highest BCUT2D eigenvalue weighted by molar-refractivity contribution is 5.27. The zero-order chi connectivity index (χ0) is 13.9. The fourth-order valence-corrected chi connectivity index (χ4v) is 2.48. The Kier molecular flexibility index (Phi) is 5.31. The second-order valence-corrected chi connectivity index (χ2v) is 4.72. The molecule has 2 atom stereocenters. The summed E-state index contributed by atoms with van der Waals surface area (Å²) in [6, 6.07) is 0.315. The van der Waals surface area contributed by atoms with Gasteiger partial charge in [0.05, 0.1) is 11.7 Å². The van der Waals surface area contributed by atoms with Gasteiger partial charge in [0, 0.05) is 38.6 Å². The zero-order valence-corrected chi connectivity index (χ0v) is 12.4. The van der Waals surface area contributed by atoms with Crippen LogP contribution < -0.4 is 5.32 Å². The molecule has 1 heterocycles. The Balaban J connectivity index is 2.79. The van der Waals surface area contributed by atoms with Crippen molar-refractivity contribution in [2.45, 2.75) is 46.1 Å². The van der Waals surface area contributed by atoms with E-state index in [1.54, 1.807) is 14.2 Å². The van der Waals surface area contributed by atoms with Gasteiger partial charge in [-0.05, 0) is 27.7 Å². The number of nitrogens with zero attached hydrogens (tertiary/aromatic N) is 2. The molecule has 1 aromatic heterocycles. The molecule has 1 aromatic rings. The molecule has 1 rings (SSSR count). The van der Waals surface area contributed by atoms with Crippen LogP contribution in [0.25, 0.3) is 0 Å². The monoisotopic (exact) mass is 255 g/mol. The number of hydrogen-bond donors (Lipinski definition) is 1. The van der Waals surface area contributed by atoms with Gasteiger partial charge in [0.1, 0.15) is 0 Å². The van der Waals surface area contributed by atoms with Crippen LogP contribution in [0.3, 0.4) is 0 Å². The lowest BCUT2D eigenvalue weighted by Crippen LogP contribution is -2.41. The Morgan fingerprint density at radius 3 is 2.11 bits per heavy atom. The standard InChI is InChI=1S/C13H25N3O2/c1-8(14-10(3)13(17-6)18-7)12-9(2)15-16(5)11(12)4/h8,10,13-14H,1-7H3. The largest absolute Gasteiger partial charge is 0.354 e. The number of aryl methyl sites for hydroxylation is 2. The second kappa shape index (κ2) is 6.31. The second-order valence-electron chi connectivity index (χ2n) is 4.72. The van der Waals surface area contributed by atoms with Crippen molar-refractivity contribution >= 4 is 0 Å². The number of ether oxygens (including phenoxy) is 2. The molecule has 2 unspecified atom stereocenters. The van der Waals surface area contributed by atoms with Crippen LogP contribution >= 0.6 is 0 Å². The van der Waals surface area contributed by atoms with Gasteiger partial charge in [-0.1, -0.05) is 0 Å². The molecule has 0 saturated heterocycles. The summed E-state index contributed by atoms with van der Waals surface area (Å²) in [6.45, 7) is 8.31. The molecule has 0 aliphatic carbocycles. The fraction of sp³-hybridized carbons (Fsp3) is 0.769. The van der Waals surface area contributed by atoms with E-state index < -0.39 is 0 Å². The number of aromatic nitrogens is 2. The third kappa shape index (κ3) is 3.10. The summed E-state index contributed by atoms with van der Waals surface area (Å²) in [7, 11) is 5.27. The Morgan fingerprint density at radius 2 is 1.72 bits per heavy atom. The molecule has 5 nitrogen and oxygen atoms in total. The third-order valence-electron chi connectivity index (χ3n) is 3.38. The number of nitrogens with one attached hydrogen (secondary N) is 1. The van der Waals surface area contributed by atoms with Crippen molar-refractivity contribution in [3.05, 3.63) is 17.0 Å². The summed E-state index contributed by atoms with van der Waals surface area (Å²) in [4.78, 5) is 0. The molecule has 5 heteroatoms. The number of rotatable bonds is 6. The first-order chi connectivity index (χ1) is 8.42. The minimum absolute atomic E-state index is 0.106. The van der Waals surface area contributed by atoms with Crippen LogP contribution in [0.1, 0.15) is 36.8 Å². The average Bonchev–Trinajstić information content (AvgIpc) is 2.54. The molecule has 1 N–H and O–H groups in total. The fourth-order valence-electron chi connectivity index (χ4n) is 2.48. The molecule has 0 amide bonds. The van der Waals surface area contributed by atoms with E-state index in [0.29, 0.717) is 0 Å². The maximum atomic E-state index is 5.26. The summed E-state index contributed by atoms with van der Waals surface area (Å²) in [5.74, 6) is 0. The molecule has 0 aliphatic heterocycles. The van der Waals surface area contributed by atoms with Gasteiger partial charge in [-0.25, -0.2) is 0 Å². The van der Waals surface area contributed by atoms with E-state index in [4.69, 9.17) is 9.47 Å². The van der Waals surface area contributed by atoms with Gasteiger partial charge in [-0.2, -0.15) is 5.10 Å². The molecule has 104 valence electrons. The molecule has 0 spiro atoms. The summed E-state index contributed by atoms with van der Waals surface area (Å²) < 4.78 is 12.4. The van der Waals surface area contributed by atoms with Gasteiger partial charge >= 0.3 is 0 Å². The smallest absolute Gasteiger partial charge is 0.171 e. The van der Waals surface area contributed by atoms with E-state index in [1.807, 2.05) is 18.7 Å². The van der Waals surface area contributed by atoms with Crippen LogP contribution in [-0.4, -0.2) is 36.3 Å². The van der Waals surface area contributed by atoms with Crippen LogP contribution in [-0.2, 0) is 16.5 Å². The Hall–Kier alpha value is -0.910. The first-order valence-corrected chi connectivity index (χ1v) is 6.24. The lowest BCUT2D eigenvalue weighted by atomic mass is 10.1. The maximum Gasteiger partial charge on any atom is 0.171 e. The van der Waals surface area contributed by atoms with Gasteiger partial charge in [0.15, 0.2) is 6.29 Å². The third-order valence-corrected chi connectivity index (χ3v) is 3.38. The summed E-state index contributed by atoms with van der Waals surface area (Å²) in [6.07, 6.45) is -0.246. The average molecular weight is 255 g/mol. The molecule has 0 fully saturated rings. The van der Waals surface area contributed by atoms with Crippen molar-refractivity contribution in [3.63, 3.8) is 0 Å². The zero-order valence-electron chi connectivity index (χ0n) is 12.4. The Morgan fingerprint density at radius 1 is 1.17 bits per heavy atom. The van der Waals surface area contributed by atoms with E-state index >= 15 is 0 Å². The van der Waals surface area contributed by atoms with E-state index in [9.17, 15) is 0 Å². The summed E-state index contributed by atoms with van der Waals surface area (Å²) >= 11 is 0. The van der Waals surface area contributed by atoms with Crippen molar-refractivity contribution in [2.75, 3.05) is 14.2 Å². The predicted molar refractivity (Wildman–Crippen MR) is 71.5 cm³/mol. The van der Waals surface area contributed by atoms with Crippen molar-refractivity contribution in [1.29, 1.82) is 0 Å². The molecular weight excluding hydrogens is 230 g/mol. The van der Waals surface area contributed by atoms with E-state index in [-0.39, 0.29) is 18.4 Å². The normalized spacial score (nSPS) is 15.1. The first-order valence-electron chi connectivity index (χ1n) is 6.24. The molecule has 0 aliphatic rings. The topological polar surface area (TPSA) is 48.3 Å². The highest BCUT2D eigenvalue weighted by atomic mass is 16.7. The molecule has 0 saturated carbocycles. The van der Waals surface area contributed by atoms with Gasteiger partial charge in [0.25, 0.3) is 0 Å². The Bertz CT molecular complexity index is 386. The maximum absolute atomic E-state index is 5.26. The van der Waals surface area contributed by atoms with Gasteiger partial charge in [-0.3, -0.25) is 4.68 Å². The predicted octanol–water partition coefficient (Wildman–Crippen LogP) is 1.69. The molecule has 0 radical (unpaired) electrons. The highest BCUT2D eigenvalue weighted by Gasteiger charge is 2.22. The van der Waals surface area contributed by atoms with Gasteiger partial charge in [0.2, 0.25) is 0 Å². The van der Waals surface area contributed by atoms with Gasteiger partial charge < -0.3 is 14.8 Å². The van der Waals surface area contributed by atoms with Crippen LogP contribution in [0, 0.1) is 13.8 Å². The number of methoxy groups -OCH3 is 2. The van der Waals surface area contributed by atoms with E-state index in [2.05, 4.69) is 31.2 Å². The lowest BCUT2D eigenvalue weighted by Gasteiger charge is -2.26. The molecule has 0 aromatic carbocycles. The highest BCUT2D eigenvalue weighted by Crippen LogP contribution is 2.21. The van der Waals surface area contributed by atoms with E-state index in [0.717, 1.165) is 5.69 Å².